The van der Waals surface area contributed by atoms with Gasteiger partial charge >= 0.3 is 0 Å². The summed E-state index contributed by atoms with van der Waals surface area (Å²) < 4.78 is 5.10. The fourth-order valence-electron chi connectivity index (χ4n) is 1.49. The lowest BCUT2D eigenvalue weighted by atomic mass is 10.2. The van der Waals surface area contributed by atoms with Crippen molar-refractivity contribution in [3.05, 3.63) is 24.3 Å². The van der Waals surface area contributed by atoms with Crippen LogP contribution in [0.25, 0.3) is 0 Å². The standard InChI is InChI=1S/C10H13NO3/c12-8-3-1-2-7(4-8)11-9-5-14-6-10(9)13/h1-4,9-13H,5-6H2/t9-,10-/m1/s1. The molecule has 3 N–H and O–H groups in total. The van der Waals surface area contributed by atoms with Crippen LogP contribution in [0.5, 0.6) is 5.75 Å². The molecular formula is C10H13NO3. The van der Waals surface area contributed by atoms with Gasteiger partial charge in [0.2, 0.25) is 0 Å². The molecule has 76 valence electrons. The number of benzene rings is 1. The maximum Gasteiger partial charge on any atom is 0.117 e. The summed E-state index contributed by atoms with van der Waals surface area (Å²) in [6, 6.07) is 6.72. The van der Waals surface area contributed by atoms with E-state index in [0.29, 0.717) is 13.2 Å². The smallest absolute Gasteiger partial charge is 0.117 e. The first-order valence-electron chi connectivity index (χ1n) is 4.57. The van der Waals surface area contributed by atoms with Gasteiger partial charge in [-0.3, -0.25) is 0 Å². The molecule has 0 amide bonds. The highest BCUT2D eigenvalue weighted by Gasteiger charge is 2.25. The van der Waals surface area contributed by atoms with E-state index in [1.807, 2.05) is 6.07 Å². The van der Waals surface area contributed by atoms with E-state index in [1.165, 1.54) is 0 Å². The molecular weight excluding hydrogens is 182 g/mol. The van der Waals surface area contributed by atoms with Crippen molar-refractivity contribution < 1.29 is 14.9 Å². The van der Waals surface area contributed by atoms with Crippen LogP contribution >= 0.6 is 0 Å². The summed E-state index contributed by atoms with van der Waals surface area (Å²) in [6.07, 6.45) is -0.475. The van der Waals surface area contributed by atoms with Gasteiger partial charge in [0.15, 0.2) is 0 Å². The van der Waals surface area contributed by atoms with Crippen LogP contribution in [0.3, 0.4) is 0 Å². The van der Waals surface area contributed by atoms with Crippen LogP contribution in [0.15, 0.2) is 24.3 Å². The molecule has 0 spiro atoms. The van der Waals surface area contributed by atoms with Crippen LogP contribution < -0.4 is 5.32 Å². The fourth-order valence-corrected chi connectivity index (χ4v) is 1.49. The molecule has 14 heavy (non-hydrogen) atoms. The van der Waals surface area contributed by atoms with E-state index in [9.17, 15) is 10.2 Å². The monoisotopic (exact) mass is 195 g/mol. The third-order valence-corrected chi connectivity index (χ3v) is 2.25. The molecule has 1 aromatic rings. The molecule has 0 unspecified atom stereocenters. The van der Waals surface area contributed by atoms with Crippen LogP contribution in [0.1, 0.15) is 0 Å². The minimum Gasteiger partial charge on any atom is -0.508 e. The highest BCUT2D eigenvalue weighted by molar-refractivity contribution is 5.48. The average molecular weight is 195 g/mol. The first-order valence-corrected chi connectivity index (χ1v) is 4.57. The predicted molar refractivity (Wildman–Crippen MR) is 52.3 cm³/mol. The van der Waals surface area contributed by atoms with Gasteiger partial charge in [-0.05, 0) is 12.1 Å². The maximum absolute atomic E-state index is 9.47. The summed E-state index contributed by atoms with van der Waals surface area (Å²) >= 11 is 0. The molecule has 1 aliphatic heterocycles. The molecule has 1 fully saturated rings. The van der Waals surface area contributed by atoms with Gasteiger partial charge in [0, 0.05) is 11.8 Å². The second-order valence-corrected chi connectivity index (χ2v) is 3.41. The van der Waals surface area contributed by atoms with E-state index >= 15 is 0 Å². The summed E-state index contributed by atoms with van der Waals surface area (Å²) in [6.45, 7) is 0.868. The Kier molecular flexibility index (Phi) is 2.56. The average Bonchev–Trinajstić information content (AvgIpc) is 2.52. The van der Waals surface area contributed by atoms with Gasteiger partial charge in [-0.2, -0.15) is 0 Å². The summed E-state index contributed by atoms with van der Waals surface area (Å²) in [5, 5.41) is 21.8. The Balaban J connectivity index is 2.03. The van der Waals surface area contributed by atoms with Crippen molar-refractivity contribution in [2.75, 3.05) is 18.5 Å². The molecule has 1 heterocycles. The van der Waals surface area contributed by atoms with Gasteiger partial charge in [-0.1, -0.05) is 6.07 Å². The van der Waals surface area contributed by atoms with Crippen molar-refractivity contribution in [1.29, 1.82) is 0 Å². The quantitative estimate of drug-likeness (QED) is 0.645. The molecule has 0 aromatic heterocycles. The van der Waals surface area contributed by atoms with Crippen molar-refractivity contribution in [2.24, 2.45) is 0 Å². The molecule has 0 aliphatic carbocycles. The number of aliphatic hydroxyl groups excluding tert-OH is 1. The van der Waals surface area contributed by atoms with Crippen LogP contribution in [0.4, 0.5) is 5.69 Å². The molecule has 4 heteroatoms. The van der Waals surface area contributed by atoms with Crippen LogP contribution in [0.2, 0.25) is 0 Å². The second kappa shape index (κ2) is 3.86. The van der Waals surface area contributed by atoms with E-state index in [-0.39, 0.29) is 11.8 Å². The first-order chi connectivity index (χ1) is 6.75. The highest BCUT2D eigenvalue weighted by atomic mass is 16.5. The summed E-state index contributed by atoms with van der Waals surface area (Å²) in [5.41, 5.74) is 0.791. The third-order valence-electron chi connectivity index (χ3n) is 2.25. The van der Waals surface area contributed by atoms with E-state index in [0.717, 1.165) is 5.69 Å². The molecule has 2 rings (SSSR count). The van der Waals surface area contributed by atoms with Gasteiger partial charge < -0.3 is 20.3 Å². The number of aliphatic hydroxyl groups is 1. The van der Waals surface area contributed by atoms with Crippen molar-refractivity contribution in [1.82, 2.24) is 0 Å². The van der Waals surface area contributed by atoms with Gasteiger partial charge in [-0.15, -0.1) is 0 Å². The molecule has 1 aromatic carbocycles. The number of nitrogens with one attached hydrogen (secondary N) is 1. The van der Waals surface area contributed by atoms with Gasteiger partial charge in [0.25, 0.3) is 0 Å². The van der Waals surface area contributed by atoms with E-state index in [4.69, 9.17) is 4.74 Å². The third kappa shape index (κ3) is 1.97. The van der Waals surface area contributed by atoms with Crippen LogP contribution in [-0.4, -0.2) is 35.6 Å². The molecule has 4 nitrogen and oxygen atoms in total. The zero-order valence-electron chi connectivity index (χ0n) is 7.68. The summed E-state index contributed by atoms with van der Waals surface area (Å²) in [4.78, 5) is 0. The van der Waals surface area contributed by atoms with E-state index in [2.05, 4.69) is 5.32 Å². The minimum atomic E-state index is -0.475. The van der Waals surface area contributed by atoms with E-state index in [1.54, 1.807) is 18.2 Å². The number of hydrogen-bond donors (Lipinski definition) is 3. The van der Waals surface area contributed by atoms with Crippen molar-refractivity contribution in [3.63, 3.8) is 0 Å². The predicted octanol–water partition coefficient (Wildman–Crippen LogP) is 0.564. The Hall–Kier alpha value is -1.26. The zero-order chi connectivity index (χ0) is 9.97. The van der Waals surface area contributed by atoms with Crippen LogP contribution in [-0.2, 0) is 4.74 Å². The first kappa shape index (κ1) is 9.30. The molecule has 1 saturated heterocycles. The lowest BCUT2D eigenvalue weighted by Gasteiger charge is -2.15. The Bertz CT molecular complexity index is 316. The molecule has 1 aliphatic rings. The number of phenolic OH excluding ortho intramolecular Hbond substituents is 1. The molecule has 0 radical (unpaired) electrons. The lowest BCUT2D eigenvalue weighted by Crippen LogP contribution is -2.31. The SMILES string of the molecule is Oc1cccc(N[C@@H]2COC[C@H]2O)c1. The molecule has 2 atom stereocenters. The second-order valence-electron chi connectivity index (χ2n) is 3.41. The fraction of sp³-hybridized carbons (Fsp3) is 0.400. The molecule has 0 saturated carbocycles. The number of hydrogen-bond acceptors (Lipinski definition) is 4. The summed E-state index contributed by atoms with van der Waals surface area (Å²) in [5.74, 6) is 0.211. The lowest BCUT2D eigenvalue weighted by molar-refractivity contribution is 0.125. The van der Waals surface area contributed by atoms with Crippen molar-refractivity contribution in [3.8, 4) is 5.75 Å². The summed E-state index contributed by atoms with van der Waals surface area (Å²) in [7, 11) is 0. The number of ether oxygens (including phenoxy) is 1. The van der Waals surface area contributed by atoms with Gasteiger partial charge in [0.1, 0.15) is 5.75 Å². The largest absolute Gasteiger partial charge is 0.508 e. The van der Waals surface area contributed by atoms with E-state index < -0.39 is 6.10 Å². The Morgan fingerprint density at radius 2 is 2.21 bits per heavy atom. The number of aromatic hydroxyl groups is 1. The topological polar surface area (TPSA) is 61.7 Å². The van der Waals surface area contributed by atoms with Gasteiger partial charge in [0.05, 0.1) is 25.4 Å². The number of anilines is 1. The Labute approximate surface area is 82.1 Å². The van der Waals surface area contributed by atoms with Crippen LogP contribution in [0, 0.1) is 0 Å². The minimum absolute atomic E-state index is 0.0863. The maximum atomic E-state index is 9.47. The highest BCUT2D eigenvalue weighted by Crippen LogP contribution is 2.18. The van der Waals surface area contributed by atoms with Gasteiger partial charge in [-0.25, -0.2) is 0 Å². The van der Waals surface area contributed by atoms with Crippen molar-refractivity contribution in [2.45, 2.75) is 12.1 Å². The Morgan fingerprint density at radius 3 is 2.86 bits per heavy atom. The van der Waals surface area contributed by atoms with Crippen molar-refractivity contribution >= 4 is 5.69 Å². The number of phenols is 1. The Morgan fingerprint density at radius 1 is 1.36 bits per heavy atom. The normalized spacial score (nSPS) is 26.4. The molecule has 0 bridgehead atoms. The number of rotatable bonds is 2. The zero-order valence-corrected chi connectivity index (χ0v) is 7.68.